The summed E-state index contributed by atoms with van der Waals surface area (Å²) in [4.78, 5) is 38.6. The van der Waals surface area contributed by atoms with Crippen molar-refractivity contribution in [3.63, 3.8) is 0 Å². The number of aromatic nitrogens is 1. The van der Waals surface area contributed by atoms with E-state index in [2.05, 4.69) is 4.72 Å². The van der Waals surface area contributed by atoms with Crippen molar-refractivity contribution in [2.24, 2.45) is 0 Å². The van der Waals surface area contributed by atoms with E-state index in [1.807, 2.05) is 25.1 Å². The topological polar surface area (TPSA) is 102 Å². The van der Waals surface area contributed by atoms with Gasteiger partial charge in [-0.2, -0.15) is 0 Å². The van der Waals surface area contributed by atoms with Gasteiger partial charge >= 0.3 is 0 Å². The molecule has 0 atom stereocenters. The largest absolute Gasteiger partial charge is 0.331 e. The lowest BCUT2D eigenvalue weighted by Gasteiger charge is -2.15. The number of benzene rings is 2. The number of Topliss-reactive ketones (excluding diaryl/α,β-unsaturated/α-hetero) is 2. The first-order valence-corrected chi connectivity index (χ1v) is 14.5. The molecule has 39 heavy (non-hydrogen) atoms. The molecule has 2 aliphatic rings. The summed E-state index contributed by atoms with van der Waals surface area (Å²) in [7, 11) is -3.91. The zero-order chi connectivity index (χ0) is 27.9. The minimum atomic E-state index is -3.91. The summed E-state index contributed by atoms with van der Waals surface area (Å²) in [5.41, 5.74) is 3.01. The first-order valence-electron chi connectivity index (χ1n) is 13.0. The van der Waals surface area contributed by atoms with E-state index in [4.69, 9.17) is 0 Å². The number of nitrogens with zero attached hydrogens (tertiary/aromatic N) is 1. The van der Waals surface area contributed by atoms with E-state index < -0.39 is 27.0 Å². The fourth-order valence-electron chi connectivity index (χ4n) is 5.02. The summed E-state index contributed by atoms with van der Waals surface area (Å²) < 4.78 is 44.5. The lowest BCUT2D eigenvalue weighted by molar-refractivity contribution is -0.116. The zero-order valence-electron chi connectivity index (χ0n) is 21.8. The molecule has 0 unspecified atom stereocenters. The molecule has 1 aromatic heterocycles. The van der Waals surface area contributed by atoms with Gasteiger partial charge in [0.05, 0.1) is 11.8 Å². The van der Waals surface area contributed by atoms with Gasteiger partial charge in [-0.3, -0.25) is 14.4 Å². The number of halogens is 1. The Morgan fingerprint density at radius 3 is 2.51 bits per heavy atom. The zero-order valence-corrected chi connectivity index (χ0v) is 22.6. The Hall–Kier alpha value is -3.85. The van der Waals surface area contributed by atoms with Crippen LogP contribution in [-0.2, 0) is 39.0 Å². The molecule has 0 radical (unpaired) electrons. The Bertz CT molecular complexity index is 1690. The van der Waals surface area contributed by atoms with Crippen molar-refractivity contribution in [3.8, 4) is 0 Å². The Balaban J connectivity index is 1.76. The highest BCUT2D eigenvalue weighted by atomic mass is 32.2. The summed E-state index contributed by atoms with van der Waals surface area (Å²) in [6.45, 7) is 3.33. The molecule has 2 aliphatic carbocycles. The highest BCUT2D eigenvalue weighted by Gasteiger charge is 2.38. The van der Waals surface area contributed by atoms with Gasteiger partial charge in [0.25, 0.3) is 5.91 Å². The van der Waals surface area contributed by atoms with Crippen LogP contribution in [-0.4, -0.2) is 35.7 Å². The fraction of sp³-hybridized carbons (Fsp3) is 0.300. The van der Waals surface area contributed by atoms with Crippen LogP contribution in [0, 0.1) is 5.82 Å². The van der Waals surface area contributed by atoms with Crippen LogP contribution in [0.25, 0.3) is 16.5 Å². The number of ketones is 2. The number of nitrogens with one attached hydrogen (secondary N) is 1. The number of carbonyl (C=O) groups excluding carboxylic acids is 3. The van der Waals surface area contributed by atoms with E-state index in [0.717, 1.165) is 5.56 Å². The molecule has 1 heterocycles. The number of sulfonamides is 1. The Morgan fingerprint density at radius 2 is 1.85 bits per heavy atom. The fourth-order valence-corrected chi connectivity index (χ4v) is 6.29. The van der Waals surface area contributed by atoms with Crippen LogP contribution in [0.1, 0.15) is 65.9 Å². The second kappa shape index (κ2) is 10.4. The van der Waals surface area contributed by atoms with Gasteiger partial charge in [-0.15, -0.1) is 0 Å². The third-order valence-corrected chi connectivity index (χ3v) is 8.93. The van der Waals surface area contributed by atoms with Gasteiger partial charge in [-0.05, 0) is 55.5 Å². The van der Waals surface area contributed by atoms with Crippen LogP contribution < -0.4 is 4.72 Å². The van der Waals surface area contributed by atoms with Crippen LogP contribution in [0.3, 0.4) is 0 Å². The van der Waals surface area contributed by atoms with Crippen molar-refractivity contribution in [2.75, 3.05) is 0 Å². The number of carbonyl (C=O) groups is 3. The van der Waals surface area contributed by atoms with Crippen molar-refractivity contribution in [3.05, 3.63) is 88.4 Å². The molecule has 9 heteroatoms. The molecule has 1 fully saturated rings. The van der Waals surface area contributed by atoms with E-state index in [1.165, 1.54) is 13.0 Å². The predicted octanol–water partition coefficient (Wildman–Crippen LogP) is 4.66. The molecule has 1 N–H and O–H groups in total. The number of aryl methyl sites for hydroxylation is 1. The van der Waals surface area contributed by atoms with Crippen LogP contribution in [0.4, 0.5) is 4.39 Å². The van der Waals surface area contributed by atoms with Crippen molar-refractivity contribution in [1.82, 2.24) is 9.29 Å². The number of fused-ring (bicyclic) bond motifs is 1. The third kappa shape index (κ3) is 5.36. The van der Waals surface area contributed by atoms with Crippen molar-refractivity contribution in [1.29, 1.82) is 0 Å². The maximum Gasteiger partial charge on any atom is 0.282 e. The molecule has 0 aliphatic heterocycles. The molecule has 202 valence electrons. The Morgan fingerprint density at radius 1 is 1.10 bits per heavy atom. The lowest BCUT2D eigenvalue weighted by Crippen LogP contribution is -2.35. The number of rotatable bonds is 9. The molecule has 7 nitrogen and oxygen atoms in total. The highest BCUT2D eigenvalue weighted by Crippen LogP contribution is 2.36. The number of allylic oxidation sites excluding steroid dienone is 4. The molecule has 1 saturated carbocycles. The first-order chi connectivity index (χ1) is 18.6. The van der Waals surface area contributed by atoms with E-state index in [1.54, 1.807) is 34.9 Å². The van der Waals surface area contributed by atoms with Crippen LogP contribution in [0.15, 0.2) is 54.6 Å². The molecule has 1 amide bonds. The highest BCUT2D eigenvalue weighted by molar-refractivity contribution is 7.91. The molecule has 0 saturated heterocycles. The summed E-state index contributed by atoms with van der Waals surface area (Å²) in [6, 6.07) is 10.0. The van der Waals surface area contributed by atoms with Gasteiger partial charge < -0.3 is 4.57 Å². The molecular formula is C30H29FN2O5S. The predicted molar refractivity (Wildman–Crippen MR) is 147 cm³/mol. The second-order valence-electron chi connectivity index (χ2n) is 10.1. The Kier molecular flexibility index (Phi) is 7.11. The SMILES string of the molecule is CCc1ccc2c(c1)c(C1=CC=CCC1=O)c(C(=O)NS(=O)(=O)C1CC1)n2Cc1cc(CC(C)=O)ccc1F. The first kappa shape index (κ1) is 26.7. The smallest absolute Gasteiger partial charge is 0.282 e. The summed E-state index contributed by atoms with van der Waals surface area (Å²) in [5.74, 6) is -1.67. The number of amides is 1. The van der Waals surface area contributed by atoms with Gasteiger partial charge in [-0.1, -0.05) is 43.4 Å². The molecular weight excluding hydrogens is 519 g/mol. The molecule has 5 rings (SSSR count). The Labute approximate surface area is 226 Å². The van der Waals surface area contributed by atoms with E-state index in [9.17, 15) is 22.8 Å². The maximum absolute atomic E-state index is 15.1. The summed E-state index contributed by atoms with van der Waals surface area (Å²) in [5, 5.41) is -0.0212. The summed E-state index contributed by atoms with van der Waals surface area (Å²) in [6.07, 6.45) is 7.01. The quantitative estimate of drug-likeness (QED) is 0.419. The molecule has 2 aromatic carbocycles. The van der Waals surface area contributed by atoms with E-state index in [0.29, 0.717) is 46.9 Å². The maximum atomic E-state index is 15.1. The average molecular weight is 549 g/mol. The third-order valence-electron chi connectivity index (χ3n) is 7.11. The van der Waals surface area contributed by atoms with Gasteiger partial charge in [0.15, 0.2) is 5.78 Å². The van der Waals surface area contributed by atoms with Crippen molar-refractivity contribution < 1.29 is 27.2 Å². The van der Waals surface area contributed by atoms with Gasteiger partial charge in [0.1, 0.15) is 17.3 Å². The summed E-state index contributed by atoms with van der Waals surface area (Å²) >= 11 is 0. The number of hydrogen-bond acceptors (Lipinski definition) is 5. The molecule has 0 bridgehead atoms. The minimum absolute atomic E-state index is 0.0197. The molecule has 0 spiro atoms. The van der Waals surface area contributed by atoms with Crippen molar-refractivity contribution in [2.45, 2.75) is 57.7 Å². The molecule has 3 aromatic rings. The minimum Gasteiger partial charge on any atom is -0.331 e. The number of hydrogen-bond donors (Lipinski definition) is 1. The van der Waals surface area contributed by atoms with Gasteiger partial charge in [0, 0.05) is 40.4 Å². The van der Waals surface area contributed by atoms with Crippen LogP contribution in [0.5, 0.6) is 0 Å². The van der Waals surface area contributed by atoms with Gasteiger partial charge in [-0.25, -0.2) is 17.5 Å². The van der Waals surface area contributed by atoms with Crippen LogP contribution in [0.2, 0.25) is 0 Å². The standard InChI is InChI=1S/C30H29FN2O5S/c1-3-19-9-13-26-24(16-19)28(23-6-4-5-7-27(23)35)29(30(36)32-39(37,38)22-10-11-22)33(26)17-21-15-20(14-18(2)34)8-12-25(21)31/h4-6,8-9,12-13,15-16,22H,3,7,10-11,14,17H2,1-2H3,(H,32,36). The monoisotopic (exact) mass is 548 g/mol. The van der Waals surface area contributed by atoms with Crippen molar-refractivity contribution >= 4 is 44.0 Å². The lowest BCUT2D eigenvalue weighted by atomic mass is 9.93. The second-order valence-corrected chi connectivity index (χ2v) is 12.1. The van der Waals surface area contributed by atoms with E-state index in [-0.39, 0.29) is 42.2 Å². The van der Waals surface area contributed by atoms with E-state index >= 15 is 4.39 Å². The average Bonchev–Trinajstić information content (AvgIpc) is 3.70. The van der Waals surface area contributed by atoms with Gasteiger partial charge in [0.2, 0.25) is 10.0 Å². The van der Waals surface area contributed by atoms with Crippen LogP contribution >= 0.6 is 0 Å². The normalized spacial score (nSPS) is 15.5.